The minimum atomic E-state index is -0.973. The molecule has 0 aromatic heterocycles. The molecule has 0 aliphatic carbocycles. The molecule has 3 N–H and O–H groups in total. The first kappa shape index (κ1) is 17.8. The maximum atomic E-state index is 12.3. The summed E-state index contributed by atoms with van der Waals surface area (Å²) in [4.78, 5) is 35.4. The Bertz CT molecular complexity index is 640. The fourth-order valence-electron chi connectivity index (χ4n) is 2.75. The van der Waals surface area contributed by atoms with Crippen molar-refractivity contribution in [3.63, 3.8) is 0 Å². The zero-order valence-corrected chi connectivity index (χ0v) is 13.8. The second-order valence-corrected chi connectivity index (χ2v) is 5.90. The van der Waals surface area contributed by atoms with Crippen LogP contribution in [0.5, 0.6) is 5.75 Å². The highest BCUT2D eigenvalue weighted by atomic mass is 16.5. The van der Waals surface area contributed by atoms with Gasteiger partial charge in [0.05, 0.1) is 18.5 Å². The lowest BCUT2D eigenvalue weighted by Crippen LogP contribution is -2.51. The molecule has 0 radical (unpaired) electrons. The first-order valence-electron chi connectivity index (χ1n) is 7.98. The molecule has 1 aliphatic heterocycles. The summed E-state index contributed by atoms with van der Waals surface area (Å²) in [6.45, 7) is 3.65. The molecule has 130 valence electrons. The molecule has 7 nitrogen and oxygen atoms in total. The monoisotopic (exact) mass is 334 g/mol. The maximum absolute atomic E-state index is 12.3. The van der Waals surface area contributed by atoms with Crippen molar-refractivity contribution in [3.8, 4) is 5.75 Å². The SMILES string of the molecule is CCC(CC)(CC(=O)O)NC(=O)CC1Oc2ccccc2NC1=O. The van der Waals surface area contributed by atoms with Gasteiger partial charge in [0, 0.05) is 5.54 Å². The van der Waals surface area contributed by atoms with Gasteiger partial charge in [0.25, 0.3) is 5.91 Å². The zero-order chi connectivity index (χ0) is 17.7. The number of nitrogens with one attached hydrogen (secondary N) is 2. The molecule has 0 saturated heterocycles. The molecule has 24 heavy (non-hydrogen) atoms. The van der Waals surface area contributed by atoms with Gasteiger partial charge >= 0.3 is 5.97 Å². The number of aliphatic carboxylic acids is 1. The molecular formula is C17H22N2O5. The minimum Gasteiger partial charge on any atom is -0.481 e. The lowest BCUT2D eigenvalue weighted by Gasteiger charge is -2.32. The van der Waals surface area contributed by atoms with Crippen molar-refractivity contribution < 1.29 is 24.2 Å². The van der Waals surface area contributed by atoms with Crippen LogP contribution in [-0.2, 0) is 14.4 Å². The summed E-state index contributed by atoms with van der Waals surface area (Å²) in [6, 6.07) is 6.99. The molecule has 7 heteroatoms. The van der Waals surface area contributed by atoms with Crippen LogP contribution in [0.25, 0.3) is 0 Å². The fraction of sp³-hybridized carbons (Fsp3) is 0.471. The Hall–Kier alpha value is -2.57. The topological polar surface area (TPSA) is 105 Å². The van der Waals surface area contributed by atoms with Crippen molar-refractivity contribution in [1.29, 1.82) is 0 Å². The lowest BCUT2D eigenvalue weighted by molar-refractivity contribution is -0.140. The van der Waals surface area contributed by atoms with Crippen molar-refractivity contribution in [2.45, 2.75) is 51.2 Å². The number of ether oxygens (including phenoxy) is 1. The van der Waals surface area contributed by atoms with Gasteiger partial charge in [0.1, 0.15) is 5.75 Å². The predicted octanol–water partition coefficient (Wildman–Crippen LogP) is 1.93. The Balaban J connectivity index is 2.04. The van der Waals surface area contributed by atoms with E-state index < -0.39 is 23.5 Å². The molecular weight excluding hydrogens is 312 g/mol. The number of hydrogen-bond donors (Lipinski definition) is 3. The van der Waals surface area contributed by atoms with Crippen molar-refractivity contribution in [2.24, 2.45) is 0 Å². The van der Waals surface area contributed by atoms with E-state index in [0.717, 1.165) is 0 Å². The van der Waals surface area contributed by atoms with Gasteiger partial charge in [-0.2, -0.15) is 0 Å². The van der Waals surface area contributed by atoms with Crippen LogP contribution >= 0.6 is 0 Å². The van der Waals surface area contributed by atoms with Crippen LogP contribution in [0.4, 0.5) is 5.69 Å². The normalized spacial score (nSPS) is 16.6. The molecule has 1 aromatic carbocycles. The highest BCUT2D eigenvalue weighted by Gasteiger charge is 2.34. The number of carbonyl (C=O) groups excluding carboxylic acids is 2. The third-order valence-electron chi connectivity index (χ3n) is 4.33. The smallest absolute Gasteiger partial charge is 0.305 e. The first-order valence-corrected chi connectivity index (χ1v) is 7.98. The van der Waals surface area contributed by atoms with Crippen LogP contribution in [0.3, 0.4) is 0 Å². The van der Waals surface area contributed by atoms with Crippen LogP contribution in [0.2, 0.25) is 0 Å². The Morgan fingerprint density at radius 3 is 2.58 bits per heavy atom. The Morgan fingerprint density at radius 2 is 1.96 bits per heavy atom. The van der Waals surface area contributed by atoms with Gasteiger partial charge in [-0.25, -0.2) is 0 Å². The summed E-state index contributed by atoms with van der Waals surface area (Å²) in [5.41, 5.74) is -0.243. The quantitative estimate of drug-likeness (QED) is 0.706. The standard InChI is InChI=1S/C17H22N2O5/c1-3-17(4-2,10-15(21)22)19-14(20)9-13-16(23)18-11-7-5-6-8-12(11)24-13/h5-8,13H,3-4,9-10H2,1-2H3,(H,18,23)(H,19,20)(H,21,22). The Kier molecular flexibility index (Phi) is 5.43. The number of para-hydroxylation sites is 2. The van der Waals surface area contributed by atoms with E-state index >= 15 is 0 Å². The van der Waals surface area contributed by atoms with E-state index in [2.05, 4.69) is 10.6 Å². The van der Waals surface area contributed by atoms with Crippen molar-refractivity contribution in [2.75, 3.05) is 5.32 Å². The van der Waals surface area contributed by atoms with Crippen LogP contribution in [0.15, 0.2) is 24.3 Å². The largest absolute Gasteiger partial charge is 0.481 e. The van der Waals surface area contributed by atoms with Crippen molar-refractivity contribution in [3.05, 3.63) is 24.3 Å². The minimum absolute atomic E-state index is 0.160. The highest BCUT2D eigenvalue weighted by Crippen LogP contribution is 2.29. The van der Waals surface area contributed by atoms with E-state index in [4.69, 9.17) is 9.84 Å². The first-order chi connectivity index (χ1) is 11.4. The van der Waals surface area contributed by atoms with E-state index in [1.165, 1.54) is 0 Å². The number of amides is 2. The lowest BCUT2D eigenvalue weighted by atomic mass is 9.88. The van der Waals surface area contributed by atoms with Gasteiger partial charge in [-0.15, -0.1) is 0 Å². The number of anilines is 1. The molecule has 0 saturated carbocycles. The van der Waals surface area contributed by atoms with Crippen LogP contribution in [0.1, 0.15) is 39.5 Å². The van der Waals surface area contributed by atoms with E-state index in [1.54, 1.807) is 24.3 Å². The molecule has 1 heterocycles. The Labute approximate surface area is 140 Å². The average molecular weight is 334 g/mol. The van der Waals surface area contributed by atoms with Gasteiger partial charge in [-0.05, 0) is 25.0 Å². The summed E-state index contributed by atoms with van der Waals surface area (Å²) in [5.74, 6) is -1.25. The van der Waals surface area contributed by atoms with E-state index in [-0.39, 0.29) is 18.7 Å². The van der Waals surface area contributed by atoms with Gasteiger partial charge in [-0.3, -0.25) is 14.4 Å². The molecule has 2 amide bonds. The number of carboxylic acid groups (broad SMARTS) is 1. The highest BCUT2D eigenvalue weighted by molar-refractivity contribution is 6.00. The number of rotatable bonds is 7. The molecule has 1 unspecified atom stereocenters. The molecule has 0 fully saturated rings. The van der Waals surface area contributed by atoms with E-state index in [9.17, 15) is 14.4 Å². The number of carboxylic acids is 1. The molecule has 2 rings (SSSR count). The average Bonchev–Trinajstić information content (AvgIpc) is 2.54. The molecule has 1 aromatic rings. The van der Waals surface area contributed by atoms with Gasteiger partial charge in [-0.1, -0.05) is 26.0 Å². The summed E-state index contributed by atoms with van der Waals surface area (Å²) in [5, 5.41) is 14.5. The van der Waals surface area contributed by atoms with Crippen LogP contribution in [0, 0.1) is 0 Å². The zero-order valence-electron chi connectivity index (χ0n) is 13.8. The van der Waals surface area contributed by atoms with Gasteiger partial charge < -0.3 is 20.5 Å². The fourth-order valence-corrected chi connectivity index (χ4v) is 2.75. The molecule has 1 aliphatic rings. The summed E-state index contributed by atoms with van der Waals surface area (Å²) in [6.07, 6.45) is -0.283. The summed E-state index contributed by atoms with van der Waals surface area (Å²) in [7, 11) is 0. The van der Waals surface area contributed by atoms with Crippen LogP contribution in [-0.4, -0.2) is 34.5 Å². The third kappa shape index (κ3) is 4.04. The number of fused-ring (bicyclic) bond motifs is 1. The second kappa shape index (κ2) is 7.33. The summed E-state index contributed by atoms with van der Waals surface area (Å²) < 4.78 is 5.59. The van der Waals surface area contributed by atoms with Gasteiger partial charge in [0.2, 0.25) is 5.91 Å². The van der Waals surface area contributed by atoms with Crippen LogP contribution < -0.4 is 15.4 Å². The maximum Gasteiger partial charge on any atom is 0.305 e. The van der Waals surface area contributed by atoms with Crippen molar-refractivity contribution in [1.82, 2.24) is 5.32 Å². The second-order valence-electron chi connectivity index (χ2n) is 5.90. The number of benzene rings is 1. The van der Waals surface area contributed by atoms with Crippen molar-refractivity contribution >= 4 is 23.5 Å². The van der Waals surface area contributed by atoms with Gasteiger partial charge in [0.15, 0.2) is 6.10 Å². The Morgan fingerprint density at radius 1 is 1.29 bits per heavy atom. The predicted molar refractivity (Wildman–Crippen MR) is 87.8 cm³/mol. The number of carbonyl (C=O) groups is 3. The molecule has 1 atom stereocenters. The number of hydrogen-bond acceptors (Lipinski definition) is 4. The molecule has 0 spiro atoms. The molecule has 0 bridgehead atoms. The third-order valence-corrected chi connectivity index (χ3v) is 4.33. The summed E-state index contributed by atoms with van der Waals surface area (Å²) >= 11 is 0. The van der Waals surface area contributed by atoms with E-state index in [1.807, 2.05) is 13.8 Å². The van der Waals surface area contributed by atoms with E-state index in [0.29, 0.717) is 24.3 Å².